The molecule has 0 unspecified atom stereocenters. The Morgan fingerprint density at radius 3 is 2.65 bits per heavy atom. The number of piperidine rings is 1. The van der Waals surface area contributed by atoms with E-state index < -0.39 is 0 Å². The number of hydrogen-bond acceptors (Lipinski definition) is 3. The highest BCUT2D eigenvalue weighted by Crippen LogP contribution is 2.49. The lowest BCUT2D eigenvalue weighted by Gasteiger charge is -2.27. The van der Waals surface area contributed by atoms with Gasteiger partial charge in [0.1, 0.15) is 12.4 Å². The number of carbonyl (C=O) groups is 1. The lowest BCUT2D eigenvalue weighted by atomic mass is 10.1. The monoisotopic (exact) mass is 314 g/mol. The van der Waals surface area contributed by atoms with Gasteiger partial charge in [-0.3, -0.25) is 4.79 Å². The third-order valence-electron chi connectivity index (χ3n) is 5.38. The molecule has 0 spiro atoms. The van der Waals surface area contributed by atoms with Crippen LogP contribution in [0.25, 0.3) is 0 Å². The average Bonchev–Trinajstić information content (AvgIpc) is 3.43. The van der Waals surface area contributed by atoms with Crippen molar-refractivity contribution in [1.82, 2.24) is 10.6 Å². The van der Waals surface area contributed by atoms with E-state index in [1.807, 2.05) is 26.0 Å². The fraction of sp³-hybridized carbons (Fsp3) is 0.632. The van der Waals surface area contributed by atoms with E-state index in [1.165, 1.54) is 18.4 Å². The van der Waals surface area contributed by atoms with Crippen LogP contribution in [0.5, 0.6) is 5.75 Å². The summed E-state index contributed by atoms with van der Waals surface area (Å²) in [5.74, 6) is 3.18. The van der Waals surface area contributed by atoms with Crippen molar-refractivity contribution < 1.29 is 9.53 Å². The Kier molecular flexibility index (Phi) is 3.60. The second-order valence-corrected chi connectivity index (χ2v) is 7.99. The molecule has 4 heteroatoms. The number of para-hydroxylation sites is 1. The number of carbonyl (C=O) groups excluding carboxylic acids is 1. The van der Waals surface area contributed by atoms with Gasteiger partial charge >= 0.3 is 0 Å². The van der Waals surface area contributed by atoms with E-state index in [0.717, 1.165) is 18.8 Å². The van der Waals surface area contributed by atoms with Crippen molar-refractivity contribution in [2.75, 3.05) is 19.7 Å². The molecule has 1 heterocycles. The van der Waals surface area contributed by atoms with Gasteiger partial charge in [-0.25, -0.2) is 0 Å². The van der Waals surface area contributed by atoms with Gasteiger partial charge < -0.3 is 15.4 Å². The second-order valence-electron chi connectivity index (χ2n) is 7.99. The van der Waals surface area contributed by atoms with Crippen molar-refractivity contribution in [2.45, 2.75) is 38.1 Å². The predicted octanol–water partition coefficient (Wildman–Crippen LogP) is 2.30. The van der Waals surface area contributed by atoms with E-state index >= 15 is 0 Å². The third kappa shape index (κ3) is 3.09. The Labute approximate surface area is 138 Å². The molecule has 1 aromatic carbocycles. The Morgan fingerprint density at radius 1 is 1.26 bits per heavy atom. The van der Waals surface area contributed by atoms with Crippen molar-refractivity contribution in [3.63, 3.8) is 0 Å². The first-order chi connectivity index (χ1) is 11.1. The minimum Gasteiger partial charge on any atom is -0.491 e. The summed E-state index contributed by atoms with van der Waals surface area (Å²) >= 11 is 0. The van der Waals surface area contributed by atoms with Crippen LogP contribution in [-0.2, 0) is 4.79 Å². The molecule has 0 radical (unpaired) electrons. The predicted molar refractivity (Wildman–Crippen MR) is 89.5 cm³/mol. The van der Waals surface area contributed by atoms with Gasteiger partial charge in [-0.1, -0.05) is 18.2 Å². The number of fused-ring (bicyclic) bond motifs is 1. The molecule has 0 bridgehead atoms. The zero-order valence-corrected chi connectivity index (χ0v) is 14.0. The molecule has 2 saturated carbocycles. The van der Waals surface area contributed by atoms with Gasteiger partial charge in [0, 0.05) is 5.92 Å². The molecular weight excluding hydrogens is 288 g/mol. The van der Waals surface area contributed by atoms with Crippen LogP contribution in [0.4, 0.5) is 0 Å². The number of rotatable bonds is 6. The van der Waals surface area contributed by atoms with Gasteiger partial charge in [-0.05, 0) is 69.2 Å². The molecule has 1 saturated heterocycles. The fourth-order valence-corrected chi connectivity index (χ4v) is 3.86. The maximum atomic E-state index is 12.4. The van der Waals surface area contributed by atoms with Crippen molar-refractivity contribution in [3.05, 3.63) is 29.8 Å². The van der Waals surface area contributed by atoms with Crippen molar-refractivity contribution in [3.8, 4) is 5.75 Å². The Hall–Kier alpha value is -1.55. The summed E-state index contributed by atoms with van der Waals surface area (Å²) in [4.78, 5) is 12.4. The van der Waals surface area contributed by atoms with Crippen LogP contribution in [0.3, 0.4) is 0 Å². The first kappa shape index (κ1) is 15.0. The van der Waals surface area contributed by atoms with Crippen LogP contribution < -0.4 is 15.4 Å². The third-order valence-corrected chi connectivity index (χ3v) is 5.38. The molecule has 1 amide bonds. The summed E-state index contributed by atoms with van der Waals surface area (Å²) in [5, 5.41) is 6.52. The summed E-state index contributed by atoms with van der Waals surface area (Å²) in [5.41, 5.74) is 0.968. The highest BCUT2D eigenvalue weighted by atomic mass is 16.5. The van der Waals surface area contributed by atoms with Crippen LogP contribution in [0.2, 0.25) is 0 Å². The first-order valence-electron chi connectivity index (χ1n) is 8.80. The largest absolute Gasteiger partial charge is 0.491 e. The van der Waals surface area contributed by atoms with E-state index in [-0.39, 0.29) is 17.4 Å². The van der Waals surface area contributed by atoms with Crippen molar-refractivity contribution >= 4 is 5.91 Å². The topological polar surface area (TPSA) is 50.4 Å². The van der Waals surface area contributed by atoms with Gasteiger partial charge in [0.15, 0.2) is 0 Å². The summed E-state index contributed by atoms with van der Waals surface area (Å²) in [6.07, 6.45) is 2.53. The van der Waals surface area contributed by atoms with E-state index in [2.05, 4.69) is 22.8 Å². The van der Waals surface area contributed by atoms with E-state index in [0.29, 0.717) is 24.4 Å². The normalized spacial score (nSPS) is 29.0. The first-order valence-corrected chi connectivity index (χ1v) is 8.80. The molecule has 0 aromatic heterocycles. The van der Waals surface area contributed by atoms with Gasteiger partial charge in [0.25, 0.3) is 0 Å². The second kappa shape index (κ2) is 5.52. The molecule has 3 atom stereocenters. The number of nitrogens with one attached hydrogen (secondary N) is 2. The molecule has 4 nitrogen and oxygen atoms in total. The molecule has 4 rings (SSSR count). The lowest BCUT2D eigenvalue weighted by molar-refractivity contribution is -0.125. The van der Waals surface area contributed by atoms with Crippen LogP contribution in [0.1, 0.15) is 38.2 Å². The summed E-state index contributed by atoms with van der Waals surface area (Å²) in [6, 6.07) is 8.30. The Morgan fingerprint density at radius 2 is 1.96 bits per heavy atom. The molecule has 23 heavy (non-hydrogen) atoms. The minimum atomic E-state index is -0.349. The maximum Gasteiger partial charge on any atom is 0.224 e. The number of benzene rings is 1. The van der Waals surface area contributed by atoms with Crippen LogP contribution in [-0.4, -0.2) is 31.1 Å². The smallest absolute Gasteiger partial charge is 0.224 e. The summed E-state index contributed by atoms with van der Waals surface area (Å²) in [6.45, 7) is 6.58. The standard InChI is InChI=1S/C19H26N2O2/c1-19(2,21-18(22)17-14-9-20-10-15(14)17)11-23-16-6-4-3-5-13(16)12-7-8-12/h3-6,12,14-15,17,20H,7-11H2,1-2H3,(H,21,22)/t14-,15+,17+. The van der Waals surface area contributed by atoms with Crippen LogP contribution in [0, 0.1) is 17.8 Å². The van der Waals surface area contributed by atoms with E-state index in [1.54, 1.807) is 0 Å². The molecule has 1 aromatic rings. The van der Waals surface area contributed by atoms with Gasteiger partial charge in [0.05, 0.1) is 5.54 Å². The van der Waals surface area contributed by atoms with E-state index in [9.17, 15) is 4.79 Å². The fourth-order valence-electron chi connectivity index (χ4n) is 3.86. The number of hydrogen-bond donors (Lipinski definition) is 2. The van der Waals surface area contributed by atoms with Crippen LogP contribution >= 0.6 is 0 Å². The highest BCUT2D eigenvalue weighted by molar-refractivity contribution is 5.83. The molecular formula is C19H26N2O2. The van der Waals surface area contributed by atoms with Gasteiger partial charge in [-0.2, -0.15) is 0 Å². The summed E-state index contributed by atoms with van der Waals surface area (Å²) < 4.78 is 6.07. The average molecular weight is 314 g/mol. The minimum absolute atomic E-state index is 0.200. The number of ether oxygens (including phenoxy) is 1. The van der Waals surface area contributed by atoms with E-state index in [4.69, 9.17) is 4.74 Å². The molecule has 1 aliphatic heterocycles. The van der Waals surface area contributed by atoms with Gasteiger partial charge in [-0.15, -0.1) is 0 Å². The van der Waals surface area contributed by atoms with Crippen LogP contribution in [0.15, 0.2) is 24.3 Å². The molecule has 2 N–H and O–H groups in total. The van der Waals surface area contributed by atoms with Crippen molar-refractivity contribution in [2.24, 2.45) is 17.8 Å². The maximum absolute atomic E-state index is 12.4. The van der Waals surface area contributed by atoms with Crippen molar-refractivity contribution in [1.29, 1.82) is 0 Å². The number of amides is 1. The van der Waals surface area contributed by atoms with Gasteiger partial charge in [0.2, 0.25) is 5.91 Å². The quantitative estimate of drug-likeness (QED) is 0.847. The SMILES string of the molecule is CC(C)(COc1ccccc1C1CC1)NC(=O)[C@H]1[C@@H]2CNC[C@@H]21. The molecule has 124 valence electrons. The zero-order valence-electron chi connectivity index (χ0n) is 14.0. The molecule has 2 aliphatic carbocycles. The summed E-state index contributed by atoms with van der Waals surface area (Å²) in [7, 11) is 0. The Balaban J connectivity index is 1.33. The Bertz CT molecular complexity index is 599. The molecule has 3 fully saturated rings. The lowest BCUT2D eigenvalue weighted by Crippen LogP contribution is -2.49. The zero-order chi connectivity index (χ0) is 16.0. The molecule has 3 aliphatic rings. The highest BCUT2D eigenvalue weighted by Gasteiger charge is 2.57.